The van der Waals surface area contributed by atoms with Crippen molar-refractivity contribution in [2.24, 2.45) is 5.73 Å². The van der Waals surface area contributed by atoms with Crippen molar-refractivity contribution in [1.29, 1.82) is 0 Å². The van der Waals surface area contributed by atoms with Crippen LogP contribution in [0.5, 0.6) is 11.5 Å². The van der Waals surface area contributed by atoms with Gasteiger partial charge in [-0.05, 0) is 43.8 Å². The third-order valence-corrected chi connectivity index (χ3v) is 6.52. The molecule has 1 saturated heterocycles. The van der Waals surface area contributed by atoms with E-state index in [4.69, 9.17) is 19.9 Å². The number of benzene rings is 2. The molecule has 1 heterocycles. The summed E-state index contributed by atoms with van der Waals surface area (Å²) in [5.41, 5.74) is 8.56. The second-order valence-corrected chi connectivity index (χ2v) is 9.38. The third-order valence-electron chi connectivity index (χ3n) is 6.52. The Labute approximate surface area is 229 Å². The van der Waals surface area contributed by atoms with Gasteiger partial charge in [-0.15, -0.1) is 0 Å². The van der Waals surface area contributed by atoms with Crippen LogP contribution in [0.15, 0.2) is 54.4 Å². The molecule has 10 nitrogen and oxygen atoms in total. The van der Waals surface area contributed by atoms with Gasteiger partial charge in [0.25, 0.3) is 0 Å². The average molecular weight is 539 g/mol. The fourth-order valence-corrected chi connectivity index (χ4v) is 4.16. The molecule has 2 aromatic rings. The van der Waals surface area contributed by atoms with Gasteiger partial charge in [-0.25, -0.2) is 0 Å². The van der Waals surface area contributed by atoms with Crippen LogP contribution in [0.4, 0.5) is 5.69 Å². The van der Waals surface area contributed by atoms with E-state index in [1.54, 1.807) is 43.4 Å². The number of nitrogens with two attached hydrogens (primary N) is 1. The Morgan fingerprint density at radius 3 is 2.59 bits per heavy atom. The largest absolute Gasteiger partial charge is 0.490 e. The van der Waals surface area contributed by atoms with E-state index < -0.39 is 6.04 Å². The fraction of sp³-hybridized carbons (Fsp3) is 0.414. The first kappa shape index (κ1) is 29.7. The molecule has 1 atom stereocenters. The van der Waals surface area contributed by atoms with Gasteiger partial charge in [-0.3, -0.25) is 14.5 Å². The number of rotatable bonds is 15. The quantitative estimate of drug-likeness (QED) is 0.293. The van der Waals surface area contributed by atoms with Crippen molar-refractivity contribution in [3.8, 4) is 11.5 Å². The fourth-order valence-electron chi connectivity index (χ4n) is 4.16. The van der Waals surface area contributed by atoms with Crippen LogP contribution in [-0.2, 0) is 20.9 Å². The van der Waals surface area contributed by atoms with E-state index in [1.807, 2.05) is 24.3 Å². The highest BCUT2D eigenvalue weighted by molar-refractivity contribution is 5.79. The highest BCUT2D eigenvalue weighted by atomic mass is 16.5. The second-order valence-electron chi connectivity index (χ2n) is 9.38. The molecule has 0 spiro atoms. The number of aldehydes is 2. The number of likely N-dealkylation sites (N-methyl/N-ethyl adjacent to an activating group) is 1. The maximum absolute atomic E-state index is 11.7. The molecule has 210 valence electrons. The van der Waals surface area contributed by atoms with Crippen molar-refractivity contribution >= 4 is 24.2 Å². The van der Waals surface area contributed by atoms with Gasteiger partial charge in [0.2, 0.25) is 5.91 Å². The molecule has 0 aromatic heterocycles. The predicted molar refractivity (Wildman–Crippen MR) is 149 cm³/mol. The minimum Gasteiger partial charge on any atom is -0.490 e. The summed E-state index contributed by atoms with van der Waals surface area (Å²) < 4.78 is 17.3. The molecule has 4 N–H and O–H groups in total. The molecule has 1 fully saturated rings. The summed E-state index contributed by atoms with van der Waals surface area (Å²) >= 11 is 0. The molecular weight excluding hydrogens is 500 g/mol. The summed E-state index contributed by atoms with van der Waals surface area (Å²) in [5, 5.41) is 5.71. The lowest BCUT2D eigenvalue weighted by Crippen LogP contribution is -2.34. The van der Waals surface area contributed by atoms with Crippen molar-refractivity contribution in [3.63, 3.8) is 0 Å². The Balaban J connectivity index is 1.57. The maximum atomic E-state index is 11.7. The monoisotopic (exact) mass is 538 g/mol. The van der Waals surface area contributed by atoms with E-state index in [1.165, 1.54) is 0 Å². The number of nitrogens with one attached hydrogen (secondary N) is 2. The highest BCUT2D eigenvalue weighted by Crippen LogP contribution is 2.25. The number of hydrogen-bond donors (Lipinski definition) is 3. The lowest BCUT2D eigenvalue weighted by atomic mass is 10.0. The zero-order chi connectivity index (χ0) is 28.0. The van der Waals surface area contributed by atoms with Crippen molar-refractivity contribution < 1.29 is 28.6 Å². The SMILES string of the molecule is CNC(=O)CCC(C=O)N(C)Cc1c(C=O)cccc1OC/C(N)=C/Nc1ccc(OC2CCOCC2)cc1. The highest BCUT2D eigenvalue weighted by Gasteiger charge is 2.19. The van der Waals surface area contributed by atoms with E-state index in [2.05, 4.69) is 10.6 Å². The summed E-state index contributed by atoms with van der Waals surface area (Å²) in [6.07, 6.45) is 5.77. The molecule has 3 rings (SSSR count). The zero-order valence-corrected chi connectivity index (χ0v) is 22.6. The Kier molecular flexibility index (Phi) is 11.8. The van der Waals surface area contributed by atoms with Gasteiger partial charge in [0.15, 0.2) is 6.29 Å². The molecule has 1 aliphatic rings. The predicted octanol–water partition coefficient (Wildman–Crippen LogP) is 2.87. The van der Waals surface area contributed by atoms with E-state index >= 15 is 0 Å². The van der Waals surface area contributed by atoms with E-state index in [0.717, 1.165) is 50.1 Å². The Bertz CT molecular complexity index is 1120. The number of amides is 1. The third kappa shape index (κ3) is 9.42. The minimum absolute atomic E-state index is 0.0880. The number of carbonyl (C=O) groups excluding carboxylic acids is 3. The topological polar surface area (TPSA) is 132 Å². The normalized spacial score (nSPS) is 14.9. The lowest BCUT2D eigenvalue weighted by molar-refractivity contribution is -0.121. The standard InChI is InChI=1S/C29H38N4O6/c1-31-29(36)11-8-24(19-35)33(2)17-27-21(18-34)4-3-5-28(27)38-20-22(30)16-32-23-6-9-25(10-7-23)39-26-12-14-37-15-13-26/h3-7,9-10,16,18-19,24,26,32H,8,11-15,17,20,30H2,1-2H3,(H,31,36)/b22-16-. The van der Waals surface area contributed by atoms with Crippen LogP contribution in [0, 0.1) is 0 Å². The summed E-state index contributed by atoms with van der Waals surface area (Å²) in [6.45, 7) is 1.83. The molecule has 0 bridgehead atoms. The van der Waals surface area contributed by atoms with Crippen molar-refractivity contribution in [2.45, 2.75) is 44.4 Å². The van der Waals surface area contributed by atoms with E-state index in [0.29, 0.717) is 29.0 Å². The molecule has 0 aliphatic carbocycles. The van der Waals surface area contributed by atoms with Crippen LogP contribution >= 0.6 is 0 Å². The second kappa shape index (κ2) is 15.5. The molecule has 0 radical (unpaired) electrons. The first-order chi connectivity index (χ1) is 18.9. The average Bonchev–Trinajstić information content (AvgIpc) is 2.96. The van der Waals surface area contributed by atoms with Crippen molar-refractivity contribution in [2.75, 3.05) is 39.2 Å². The number of carbonyl (C=O) groups is 3. The summed E-state index contributed by atoms with van der Waals surface area (Å²) in [4.78, 5) is 36.8. The van der Waals surface area contributed by atoms with Crippen molar-refractivity contribution in [1.82, 2.24) is 10.2 Å². The molecule has 1 amide bonds. The van der Waals surface area contributed by atoms with Gasteiger partial charge in [-0.2, -0.15) is 0 Å². The van der Waals surface area contributed by atoms with Crippen LogP contribution in [0.3, 0.4) is 0 Å². The van der Waals surface area contributed by atoms with Crippen LogP contribution in [-0.4, -0.2) is 69.4 Å². The number of nitrogens with zero attached hydrogens (tertiary/aromatic N) is 1. The van der Waals surface area contributed by atoms with Crippen LogP contribution in [0.1, 0.15) is 41.6 Å². The molecule has 39 heavy (non-hydrogen) atoms. The molecule has 10 heteroatoms. The van der Waals surface area contributed by atoms with Gasteiger partial charge in [-0.1, -0.05) is 12.1 Å². The lowest BCUT2D eigenvalue weighted by Gasteiger charge is -2.25. The van der Waals surface area contributed by atoms with Crippen LogP contribution < -0.4 is 25.8 Å². The maximum Gasteiger partial charge on any atom is 0.219 e. The van der Waals surface area contributed by atoms with Gasteiger partial charge < -0.3 is 35.4 Å². The van der Waals surface area contributed by atoms with Crippen molar-refractivity contribution in [3.05, 3.63) is 65.5 Å². The van der Waals surface area contributed by atoms with Gasteiger partial charge in [0.05, 0.1) is 25.0 Å². The minimum atomic E-state index is -0.488. The van der Waals surface area contributed by atoms with Gasteiger partial charge in [0.1, 0.15) is 30.5 Å². The van der Waals surface area contributed by atoms with Gasteiger partial charge >= 0.3 is 0 Å². The summed E-state index contributed by atoms with van der Waals surface area (Å²) in [7, 11) is 3.33. The zero-order valence-electron chi connectivity index (χ0n) is 22.6. The molecule has 1 unspecified atom stereocenters. The molecule has 1 aliphatic heterocycles. The smallest absolute Gasteiger partial charge is 0.219 e. The molecule has 2 aromatic carbocycles. The van der Waals surface area contributed by atoms with Gasteiger partial charge in [0, 0.05) is 55.9 Å². The van der Waals surface area contributed by atoms with Crippen LogP contribution in [0.2, 0.25) is 0 Å². The summed E-state index contributed by atoms with van der Waals surface area (Å²) in [5.74, 6) is 1.17. The molecule has 0 saturated carbocycles. The number of anilines is 1. The van der Waals surface area contributed by atoms with E-state index in [9.17, 15) is 14.4 Å². The Hall–Kier alpha value is -3.89. The van der Waals surface area contributed by atoms with Crippen LogP contribution in [0.25, 0.3) is 0 Å². The Morgan fingerprint density at radius 1 is 1.18 bits per heavy atom. The van der Waals surface area contributed by atoms with E-state index in [-0.39, 0.29) is 31.6 Å². The number of ether oxygens (including phenoxy) is 3. The first-order valence-corrected chi connectivity index (χ1v) is 13.0. The molecular formula is C29H38N4O6. The Morgan fingerprint density at radius 2 is 1.92 bits per heavy atom. The summed E-state index contributed by atoms with van der Waals surface area (Å²) in [6, 6.07) is 12.3. The number of hydrogen-bond acceptors (Lipinski definition) is 9. The first-order valence-electron chi connectivity index (χ1n) is 13.0.